The van der Waals surface area contributed by atoms with Crippen LogP contribution < -0.4 is 5.32 Å². The quantitative estimate of drug-likeness (QED) is 0.756. The number of aromatic amines is 1. The van der Waals surface area contributed by atoms with Crippen molar-refractivity contribution in [1.29, 1.82) is 0 Å². The highest BCUT2D eigenvalue weighted by Crippen LogP contribution is 2.30. The summed E-state index contributed by atoms with van der Waals surface area (Å²) in [4.78, 5) is 14.9. The van der Waals surface area contributed by atoms with Gasteiger partial charge in [0.15, 0.2) is 0 Å². The molecule has 130 valence electrons. The molecule has 0 aliphatic carbocycles. The molecule has 1 aromatic carbocycles. The van der Waals surface area contributed by atoms with Gasteiger partial charge in [0.25, 0.3) is 0 Å². The lowest BCUT2D eigenvalue weighted by Gasteiger charge is -2.23. The maximum Gasteiger partial charge on any atom is 0.416 e. The number of hydrogen-bond donors (Lipinski definition) is 3. The number of benzene rings is 1. The van der Waals surface area contributed by atoms with E-state index >= 15 is 0 Å². The van der Waals surface area contributed by atoms with Crippen LogP contribution in [0.2, 0.25) is 0 Å². The maximum atomic E-state index is 12.6. The number of carbonyl (C=O) groups is 1. The summed E-state index contributed by atoms with van der Waals surface area (Å²) in [6.45, 7) is 1.78. The molecule has 1 amide bonds. The molecule has 0 saturated carbocycles. The Labute approximate surface area is 137 Å². The summed E-state index contributed by atoms with van der Waals surface area (Å²) < 4.78 is 37.7. The number of nitrogens with one attached hydrogen (secondary N) is 2. The van der Waals surface area contributed by atoms with Crippen LogP contribution >= 0.6 is 0 Å². The molecule has 2 aromatic rings. The van der Waals surface area contributed by atoms with Crippen LogP contribution in [0.3, 0.4) is 0 Å². The Hall–Kier alpha value is -2.28. The minimum atomic E-state index is -4.42. The first kappa shape index (κ1) is 18.1. The Bertz CT molecular complexity index is 651. The molecule has 0 aliphatic heterocycles. The van der Waals surface area contributed by atoms with Gasteiger partial charge in [-0.25, -0.2) is 0 Å². The van der Waals surface area contributed by atoms with Crippen LogP contribution in [0.1, 0.15) is 36.3 Å². The van der Waals surface area contributed by atoms with E-state index in [9.17, 15) is 23.1 Å². The van der Waals surface area contributed by atoms with E-state index in [0.29, 0.717) is 12.0 Å². The van der Waals surface area contributed by atoms with E-state index in [0.717, 1.165) is 17.8 Å². The fourth-order valence-electron chi connectivity index (χ4n) is 2.41. The summed E-state index contributed by atoms with van der Waals surface area (Å²) in [7, 11) is 0. The Morgan fingerprint density at radius 1 is 1.25 bits per heavy atom. The number of aliphatic hydroxyl groups is 1. The zero-order valence-electron chi connectivity index (χ0n) is 13.1. The first-order valence-corrected chi connectivity index (χ1v) is 7.58. The topological polar surface area (TPSA) is 65.1 Å². The predicted molar refractivity (Wildman–Crippen MR) is 83.1 cm³/mol. The average molecular weight is 340 g/mol. The van der Waals surface area contributed by atoms with E-state index in [4.69, 9.17) is 0 Å². The van der Waals surface area contributed by atoms with Crippen molar-refractivity contribution in [3.8, 4) is 0 Å². The third kappa shape index (κ3) is 4.61. The third-order valence-corrected chi connectivity index (χ3v) is 3.76. The number of hydrogen-bond acceptors (Lipinski definition) is 2. The number of aliphatic hydroxyl groups excluding tert-OH is 1. The number of amides is 1. The van der Waals surface area contributed by atoms with E-state index in [1.807, 2.05) is 0 Å². The molecule has 3 N–H and O–H groups in total. The van der Waals surface area contributed by atoms with E-state index in [-0.39, 0.29) is 12.3 Å². The van der Waals surface area contributed by atoms with Gasteiger partial charge in [-0.2, -0.15) is 13.2 Å². The highest BCUT2D eigenvalue weighted by atomic mass is 19.4. The first-order valence-electron chi connectivity index (χ1n) is 7.58. The molecule has 0 fully saturated rings. The van der Waals surface area contributed by atoms with Gasteiger partial charge in [-0.05, 0) is 36.2 Å². The fraction of sp³-hybridized carbons (Fsp3) is 0.353. The molecule has 2 unspecified atom stereocenters. The Balaban J connectivity index is 2.02. The molecule has 0 aliphatic rings. The van der Waals surface area contributed by atoms with Crippen LogP contribution in [0.4, 0.5) is 13.2 Å². The second-order valence-corrected chi connectivity index (χ2v) is 5.52. The maximum absolute atomic E-state index is 12.6. The van der Waals surface area contributed by atoms with E-state index < -0.39 is 23.9 Å². The van der Waals surface area contributed by atoms with Crippen molar-refractivity contribution >= 4 is 5.91 Å². The van der Waals surface area contributed by atoms with Gasteiger partial charge in [-0.3, -0.25) is 4.79 Å². The normalized spacial score (nSPS) is 14.2. The molecular weight excluding hydrogens is 321 g/mol. The molecule has 2 rings (SSSR count). The second-order valence-electron chi connectivity index (χ2n) is 5.52. The standard InChI is InChI=1S/C17H19F3N2O2/c1-2-14(22-15(23)10-13-4-3-9-21-13)16(24)11-5-7-12(8-6-11)17(18,19)20/h3-9,14,16,21,24H,2,10H2,1H3,(H,22,23). The minimum Gasteiger partial charge on any atom is -0.386 e. The van der Waals surface area contributed by atoms with Crippen molar-refractivity contribution < 1.29 is 23.1 Å². The predicted octanol–water partition coefficient (Wildman–Crippen LogP) is 3.20. The monoisotopic (exact) mass is 340 g/mol. The third-order valence-electron chi connectivity index (χ3n) is 3.76. The highest BCUT2D eigenvalue weighted by molar-refractivity contribution is 5.78. The molecule has 0 bridgehead atoms. The summed E-state index contributed by atoms with van der Waals surface area (Å²) >= 11 is 0. The molecule has 4 nitrogen and oxygen atoms in total. The van der Waals surface area contributed by atoms with Crippen LogP contribution in [-0.4, -0.2) is 22.0 Å². The van der Waals surface area contributed by atoms with Crippen LogP contribution in [-0.2, 0) is 17.4 Å². The smallest absolute Gasteiger partial charge is 0.386 e. The summed E-state index contributed by atoms with van der Waals surface area (Å²) in [6, 6.07) is 7.27. The highest BCUT2D eigenvalue weighted by Gasteiger charge is 2.30. The van der Waals surface area contributed by atoms with Gasteiger partial charge >= 0.3 is 6.18 Å². The number of H-pyrrole nitrogens is 1. The van der Waals surface area contributed by atoms with Crippen molar-refractivity contribution in [3.63, 3.8) is 0 Å². The van der Waals surface area contributed by atoms with Gasteiger partial charge in [0.1, 0.15) is 0 Å². The van der Waals surface area contributed by atoms with Gasteiger partial charge in [-0.15, -0.1) is 0 Å². The summed E-state index contributed by atoms with van der Waals surface area (Å²) in [5, 5.41) is 13.1. The average Bonchev–Trinajstić information content (AvgIpc) is 3.04. The number of halogens is 3. The van der Waals surface area contributed by atoms with Crippen molar-refractivity contribution in [1.82, 2.24) is 10.3 Å². The van der Waals surface area contributed by atoms with Crippen molar-refractivity contribution in [2.45, 2.75) is 38.1 Å². The number of rotatable bonds is 6. The zero-order chi connectivity index (χ0) is 17.7. The van der Waals surface area contributed by atoms with Gasteiger partial charge in [-0.1, -0.05) is 19.1 Å². The fourth-order valence-corrected chi connectivity index (χ4v) is 2.41. The SMILES string of the molecule is CCC(NC(=O)Cc1ccc[nH]1)C(O)c1ccc(C(F)(F)F)cc1. The van der Waals surface area contributed by atoms with Gasteiger partial charge in [0.05, 0.1) is 24.1 Å². The summed E-state index contributed by atoms with van der Waals surface area (Å²) in [5.74, 6) is -0.268. The van der Waals surface area contributed by atoms with Crippen molar-refractivity contribution in [2.75, 3.05) is 0 Å². The van der Waals surface area contributed by atoms with Crippen LogP contribution in [0.25, 0.3) is 0 Å². The largest absolute Gasteiger partial charge is 0.416 e. The molecule has 0 saturated heterocycles. The van der Waals surface area contributed by atoms with Crippen LogP contribution in [0.15, 0.2) is 42.6 Å². The lowest BCUT2D eigenvalue weighted by atomic mass is 9.99. The Morgan fingerprint density at radius 2 is 1.92 bits per heavy atom. The number of alkyl halides is 3. The number of aromatic nitrogens is 1. The molecule has 7 heteroatoms. The zero-order valence-corrected chi connectivity index (χ0v) is 13.1. The molecule has 0 spiro atoms. The van der Waals surface area contributed by atoms with E-state index in [2.05, 4.69) is 10.3 Å². The summed E-state index contributed by atoms with van der Waals surface area (Å²) in [5.41, 5.74) is 0.295. The van der Waals surface area contributed by atoms with E-state index in [1.165, 1.54) is 12.1 Å². The molecule has 2 atom stereocenters. The molecule has 1 aromatic heterocycles. The van der Waals surface area contributed by atoms with Crippen LogP contribution in [0, 0.1) is 0 Å². The van der Waals surface area contributed by atoms with Gasteiger partial charge in [0, 0.05) is 11.9 Å². The van der Waals surface area contributed by atoms with Crippen molar-refractivity contribution in [2.24, 2.45) is 0 Å². The summed E-state index contributed by atoms with van der Waals surface area (Å²) in [6.07, 6.45) is -3.21. The first-order chi connectivity index (χ1) is 11.3. The lowest BCUT2D eigenvalue weighted by Crippen LogP contribution is -2.39. The van der Waals surface area contributed by atoms with Crippen LogP contribution in [0.5, 0.6) is 0 Å². The lowest BCUT2D eigenvalue weighted by molar-refractivity contribution is -0.137. The molecule has 1 heterocycles. The Morgan fingerprint density at radius 3 is 2.42 bits per heavy atom. The molecule has 0 radical (unpaired) electrons. The second kappa shape index (κ2) is 7.53. The van der Waals surface area contributed by atoms with Crippen molar-refractivity contribution in [3.05, 3.63) is 59.4 Å². The minimum absolute atomic E-state index is 0.142. The van der Waals surface area contributed by atoms with Gasteiger partial charge in [0.2, 0.25) is 5.91 Å². The van der Waals surface area contributed by atoms with Gasteiger partial charge < -0.3 is 15.4 Å². The Kier molecular flexibility index (Phi) is 5.66. The van der Waals surface area contributed by atoms with E-state index in [1.54, 1.807) is 25.3 Å². The molecule has 24 heavy (non-hydrogen) atoms. The number of carbonyl (C=O) groups excluding carboxylic acids is 1. The molecular formula is C17H19F3N2O2.